The van der Waals surface area contributed by atoms with Gasteiger partial charge in [0.2, 0.25) is 12.4 Å². The van der Waals surface area contributed by atoms with Gasteiger partial charge in [-0.15, -0.1) is 0 Å². The number of hydrogen-bond donors (Lipinski definition) is 1. The first-order chi connectivity index (χ1) is 12.6. The van der Waals surface area contributed by atoms with E-state index < -0.39 is 30.0 Å². The van der Waals surface area contributed by atoms with Crippen LogP contribution in [0.1, 0.15) is 33.3 Å². The predicted molar refractivity (Wildman–Crippen MR) is 98.5 cm³/mol. The number of rotatable bonds is 3. The summed E-state index contributed by atoms with van der Waals surface area (Å²) in [6.07, 6.45) is 3.70. The van der Waals surface area contributed by atoms with E-state index in [-0.39, 0.29) is 5.95 Å². The fraction of sp³-hybridized carbons (Fsp3) is 0.389. The highest BCUT2D eigenvalue weighted by Crippen LogP contribution is 2.36. The van der Waals surface area contributed by atoms with Crippen LogP contribution in [-0.2, 0) is 14.1 Å². The highest BCUT2D eigenvalue weighted by atomic mass is 19.2. The van der Waals surface area contributed by atoms with Gasteiger partial charge in [0.25, 0.3) is 0 Å². The third kappa shape index (κ3) is 5.08. The quantitative estimate of drug-likeness (QED) is 0.658. The molecule has 0 unspecified atom stereocenters. The van der Waals surface area contributed by atoms with Crippen molar-refractivity contribution in [3.63, 3.8) is 0 Å². The Bertz CT molecular complexity index is 785. The van der Waals surface area contributed by atoms with Crippen molar-refractivity contribution < 1.29 is 22.9 Å². The number of anilines is 1. The second-order valence-electron chi connectivity index (χ2n) is 7.11. The van der Waals surface area contributed by atoms with Crippen molar-refractivity contribution in [3.05, 3.63) is 47.8 Å². The van der Waals surface area contributed by atoms with E-state index in [0.717, 1.165) is 23.2 Å². The molecule has 3 rings (SSSR count). The zero-order valence-corrected chi connectivity index (χ0v) is 15.9. The van der Waals surface area contributed by atoms with Gasteiger partial charge in [-0.25, -0.2) is 18.7 Å². The number of aromatic nitrogens is 2. The lowest BCUT2D eigenvalue weighted by Crippen LogP contribution is -2.41. The first-order valence-corrected chi connectivity index (χ1v) is 8.35. The Morgan fingerprint density at radius 3 is 2.04 bits per heavy atom. The van der Waals surface area contributed by atoms with Gasteiger partial charge in [-0.1, -0.05) is 6.07 Å². The van der Waals surface area contributed by atoms with E-state index in [1.54, 1.807) is 19.3 Å². The number of nitrogens with one attached hydrogen (secondary N) is 1. The van der Waals surface area contributed by atoms with E-state index in [1.807, 2.05) is 27.7 Å². The lowest BCUT2D eigenvalue weighted by Gasteiger charge is -2.32. The summed E-state index contributed by atoms with van der Waals surface area (Å²) in [6.45, 7) is 9.64. The highest BCUT2D eigenvalue weighted by Gasteiger charge is 2.51. The molecule has 1 aliphatic rings. The Morgan fingerprint density at radius 1 is 1.04 bits per heavy atom. The number of hydrogen-bond acceptors (Lipinski definition) is 5. The average Bonchev–Trinajstić information content (AvgIpc) is 2.81. The van der Waals surface area contributed by atoms with E-state index in [0.29, 0.717) is 6.41 Å². The highest BCUT2D eigenvalue weighted by molar-refractivity contribution is 6.61. The maximum Gasteiger partial charge on any atom is 0.498 e. The van der Waals surface area contributed by atoms with Crippen LogP contribution in [0.5, 0.6) is 0 Å². The van der Waals surface area contributed by atoms with Crippen LogP contribution in [0.25, 0.3) is 0 Å². The molecule has 1 fully saturated rings. The van der Waals surface area contributed by atoms with Crippen LogP contribution >= 0.6 is 0 Å². The molecule has 0 radical (unpaired) electrons. The molecule has 0 bridgehead atoms. The summed E-state index contributed by atoms with van der Waals surface area (Å²) >= 11 is 0. The van der Waals surface area contributed by atoms with Crippen molar-refractivity contribution in [1.29, 1.82) is 0 Å². The van der Waals surface area contributed by atoms with E-state index in [4.69, 9.17) is 9.31 Å². The average molecular weight is 377 g/mol. The van der Waals surface area contributed by atoms with Crippen molar-refractivity contribution in [2.45, 2.75) is 45.8 Å². The Labute approximate surface area is 157 Å². The van der Waals surface area contributed by atoms with Gasteiger partial charge in [-0.3, -0.25) is 10.1 Å². The van der Waals surface area contributed by atoms with Gasteiger partial charge < -0.3 is 9.31 Å². The molecule has 1 aromatic carbocycles. The molecule has 2 heterocycles. The molecule has 1 N–H and O–H groups in total. The van der Waals surface area contributed by atoms with Crippen molar-refractivity contribution in [3.8, 4) is 0 Å². The molecule has 1 saturated heterocycles. The second-order valence-corrected chi connectivity index (χ2v) is 7.11. The van der Waals surface area contributed by atoms with Gasteiger partial charge >= 0.3 is 7.12 Å². The first-order valence-electron chi connectivity index (χ1n) is 8.35. The molecular formula is C18H22BF2N3O3. The number of aryl methyl sites for hydroxylation is 1. The van der Waals surface area contributed by atoms with Crippen molar-refractivity contribution in [2.24, 2.45) is 0 Å². The maximum atomic E-state index is 12.2. The largest absolute Gasteiger partial charge is 0.498 e. The summed E-state index contributed by atoms with van der Waals surface area (Å²) in [6, 6.07) is 3.80. The van der Waals surface area contributed by atoms with Crippen LogP contribution < -0.4 is 10.8 Å². The smallest absolute Gasteiger partial charge is 0.399 e. The lowest BCUT2D eigenvalue weighted by atomic mass is 9.81. The summed E-state index contributed by atoms with van der Waals surface area (Å²) in [5.74, 6) is -1.32. The molecule has 0 saturated carbocycles. The molecule has 0 spiro atoms. The minimum atomic E-state index is -0.791. The number of carbonyl (C=O) groups excluding carboxylic acids is 1. The van der Waals surface area contributed by atoms with Gasteiger partial charge in [0.1, 0.15) is 0 Å². The standard InChI is InChI=1S/C11H16BN3O3.C7H6F2/c1-10(2)11(3,4)18-12(17-10)8-5-13-9(14-6-8)15-7-16;1-5-2-3-6(8)7(9)4-5/h5-7H,1-4H3,(H,13,14,15,16);2-4H,1H3. The molecule has 2 aromatic rings. The van der Waals surface area contributed by atoms with Crippen LogP contribution in [0, 0.1) is 18.6 Å². The zero-order chi connectivity index (χ0) is 20.2. The normalized spacial score (nSPS) is 17.1. The number of amides is 1. The first kappa shape index (κ1) is 20.9. The lowest BCUT2D eigenvalue weighted by molar-refractivity contribution is -0.105. The number of halogens is 2. The Morgan fingerprint density at radius 2 is 1.59 bits per heavy atom. The second kappa shape index (κ2) is 8.10. The third-order valence-corrected chi connectivity index (χ3v) is 4.46. The summed E-state index contributed by atoms with van der Waals surface area (Å²) in [5, 5.41) is 2.37. The molecule has 0 atom stereocenters. The van der Waals surface area contributed by atoms with Crippen LogP contribution in [0.4, 0.5) is 14.7 Å². The zero-order valence-electron chi connectivity index (χ0n) is 15.9. The molecule has 144 valence electrons. The third-order valence-electron chi connectivity index (χ3n) is 4.46. The Hall–Kier alpha value is -2.39. The minimum Gasteiger partial charge on any atom is -0.399 e. The molecule has 0 aliphatic carbocycles. The van der Waals surface area contributed by atoms with Gasteiger partial charge in [0.15, 0.2) is 11.6 Å². The van der Waals surface area contributed by atoms with E-state index >= 15 is 0 Å². The van der Waals surface area contributed by atoms with E-state index in [1.165, 1.54) is 6.07 Å². The van der Waals surface area contributed by atoms with Crippen molar-refractivity contribution in [2.75, 3.05) is 5.32 Å². The van der Waals surface area contributed by atoms with Gasteiger partial charge in [0, 0.05) is 17.9 Å². The predicted octanol–water partition coefficient (Wildman–Crippen LogP) is 2.62. The number of benzene rings is 1. The summed E-state index contributed by atoms with van der Waals surface area (Å²) in [5.41, 5.74) is 0.674. The van der Waals surface area contributed by atoms with Gasteiger partial charge in [0.05, 0.1) is 11.2 Å². The molecule has 27 heavy (non-hydrogen) atoms. The van der Waals surface area contributed by atoms with E-state index in [2.05, 4.69) is 15.3 Å². The van der Waals surface area contributed by atoms with Crippen LogP contribution in [0.2, 0.25) is 0 Å². The van der Waals surface area contributed by atoms with Crippen LogP contribution in [0.3, 0.4) is 0 Å². The topological polar surface area (TPSA) is 73.3 Å². The van der Waals surface area contributed by atoms with Gasteiger partial charge in [-0.05, 0) is 52.3 Å². The Balaban J connectivity index is 0.000000244. The van der Waals surface area contributed by atoms with Crippen LogP contribution in [0.15, 0.2) is 30.6 Å². The SMILES string of the molecule is CC1(C)OB(c2cnc(NC=O)nc2)OC1(C)C.Cc1ccc(F)c(F)c1. The van der Waals surface area contributed by atoms with Crippen LogP contribution in [-0.4, -0.2) is 34.7 Å². The van der Waals surface area contributed by atoms with Crippen molar-refractivity contribution in [1.82, 2.24) is 9.97 Å². The summed E-state index contributed by atoms with van der Waals surface area (Å²) in [4.78, 5) is 18.2. The Kier molecular flexibility index (Phi) is 6.28. The number of nitrogens with zero attached hydrogens (tertiary/aromatic N) is 2. The monoisotopic (exact) mass is 377 g/mol. The molecule has 1 aliphatic heterocycles. The fourth-order valence-corrected chi connectivity index (χ4v) is 2.17. The molecular weight excluding hydrogens is 355 g/mol. The van der Waals surface area contributed by atoms with Crippen molar-refractivity contribution >= 4 is 24.9 Å². The summed E-state index contributed by atoms with van der Waals surface area (Å²) < 4.78 is 36.0. The van der Waals surface area contributed by atoms with Gasteiger partial charge in [-0.2, -0.15) is 0 Å². The molecule has 1 amide bonds. The number of carbonyl (C=O) groups is 1. The molecule has 1 aromatic heterocycles. The summed E-state index contributed by atoms with van der Waals surface area (Å²) in [7, 11) is -0.486. The minimum absolute atomic E-state index is 0.255. The molecule has 9 heteroatoms. The maximum absolute atomic E-state index is 12.2. The molecule has 6 nitrogen and oxygen atoms in total. The van der Waals surface area contributed by atoms with E-state index in [9.17, 15) is 13.6 Å². The fourth-order valence-electron chi connectivity index (χ4n) is 2.17.